The van der Waals surface area contributed by atoms with Crippen LogP contribution in [0.4, 0.5) is 0 Å². The van der Waals surface area contributed by atoms with Crippen LogP contribution in [0.2, 0.25) is 0 Å². The van der Waals surface area contributed by atoms with E-state index in [1.165, 1.54) is 11.3 Å². The molecule has 0 aliphatic carbocycles. The maximum atomic E-state index is 11.9. The Morgan fingerprint density at radius 1 is 1.32 bits per heavy atom. The largest absolute Gasteiger partial charge is 0.462 e. The van der Waals surface area contributed by atoms with Crippen LogP contribution in [0.3, 0.4) is 0 Å². The minimum absolute atomic E-state index is 0.278. The Labute approximate surface area is 124 Å². The minimum Gasteiger partial charge on any atom is -0.462 e. The summed E-state index contributed by atoms with van der Waals surface area (Å²) in [4.78, 5) is 17.0. The van der Waals surface area contributed by atoms with Gasteiger partial charge in [0.1, 0.15) is 9.88 Å². The number of esters is 1. The average Bonchev–Trinajstić information content (AvgIpc) is 2.84. The van der Waals surface area contributed by atoms with Gasteiger partial charge < -0.3 is 4.74 Å². The highest BCUT2D eigenvalue weighted by Gasteiger charge is 2.18. The molecule has 0 aliphatic rings. The normalized spacial score (nSPS) is 10.5. The number of aryl methyl sites for hydroxylation is 1. The molecule has 1 aromatic heterocycles. The van der Waals surface area contributed by atoms with Gasteiger partial charge in [0.25, 0.3) is 0 Å². The van der Waals surface area contributed by atoms with Gasteiger partial charge >= 0.3 is 5.97 Å². The molecule has 0 aliphatic heterocycles. The van der Waals surface area contributed by atoms with Crippen LogP contribution >= 0.6 is 27.3 Å². The van der Waals surface area contributed by atoms with E-state index in [0.29, 0.717) is 11.5 Å². The van der Waals surface area contributed by atoms with Crippen molar-refractivity contribution < 1.29 is 9.53 Å². The molecule has 0 fully saturated rings. The summed E-state index contributed by atoms with van der Waals surface area (Å²) >= 11 is 4.79. The number of nitrogens with zero attached hydrogens (tertiary/aromatic N) is 1. The van der Waals surface area contributed by atoms with Crippen LogP contribution in [0, 0.1) is 0 Å². The topological polar surface area (TPSA) is 39.2 Å². The molecule has 2 aromatic rings. The summed E-state index contributed by atoms with van der Waals surface area (Å²) in [5.41, 5.74) is 1.82. The van der Waals surface area contributed by atoms with Gasteiger partial charge in [-0.2, -0.15) is 0 Å². The molecule has 1 heterocycles. The van der Waals surface area contributed by atoms with E-state index >= 15 is 0 Å². The maximum absolute atomic E-state index is 11.9. The number of halogens is 1. The first-order chi connectivity index (χ1) is 9.15. The summed E-state index contributed by atoms with van der Waals surface area (Å²) in [5, 5.41) is 0.854. The van der Waals surface area contributed by atoms with Gasteiger partial charge in [0.05, 0.1) is 12.3 Å². The maximum Gasteiger partial charge on any atom is 0.350 e. The van der Waals surface area contributed by atoms with E-state index in [1.807, 2.05) is 31.2 Å². The zero-order chi connectivity index (χ0) is 13.8. The fourth-order valence-corrected chi connectivity index (χ4v) is 2.98. The van der Waals surface area contributed by atoms with Crippen LogP contribution in [0.15, 0.2) is 28.7 Å². The van der Waals surface area contributed by atoms with Crippen LogP contribution in [0.5, 0.6) is 0 Å². The molecule has 0 unspecified atom stereocenters. The molecule has 0 saturated heterocycles. The molecule has 19 heavy (non-hydrogen) atoms. The van der Waals surface area contributed by atoms with Gasteiger partial charge in [-0.15, -0.1) is 11.3 Å². The lowest BCUT2D eigenvalue weighted by Gasteiger charge is -1.99. The minimum atomic E-state index is -0.278. The van der Waals surface area contributed by atoms with Gasteiger partial charge in [0.2, 0.25) is 0 Å². The first-order valence-corrected chi connectivity index (χ1v) is 7.69. The second-order valence-electron chi connectivity index (χ2n) is 3.88. The lowest BCUT2D eigenvalue weighted by Crippen LogP contribution is -2.05. The second kappa shape index (κ2) is 6.30. The summed E-state index contributed by atoms with van der Waals surface area (Å²) in [5.74, 6) is -0.278. The van der Waals surface area contributed by atoms with Crippen LogP contribution in [-0.2, 0) is 11.2 Å². The molecule has 0 N–H and O–H groups in total. The van der Waals surface area contributed by atoms with Gasteiger partial charge in [-0.25, -0.2) is 9.78 Å². The van der Waals surface area contributed by atoms with Crippen molar-refractivity contribution in [2.75, 3.05) is 6.61 Å². The number of aromatic nitrogens is 1. The number of carbonyl (C=O) groups is 1. The smallest absolute Gasteiger partial charge is 0.350 e. The summed E-state index contributed by atoms with van der Waals surface area (Å²) in [6.07, 6.45) is 0.723. The third-order valence-corrected chi connectivity index (χ3v) is 4.24. The fraction of sp³-hybridized carbons (Fsp3) is 0.286. The number of rotatable bonds is 4. The van der Waals surface area contributed by atoms with Crippen molar-refractivity contribution in [3.63, 3.8) is 0 Å². The second-order valence-corrected chi connectivity index (χ2v) is 5.79. The molecule has 0 amide bonds. The van der Waals surface area contributed by atoms with Crippen molar-refractivity contribution in [1.82, 2.24) is 4.98 Å². The third-order valence-electron chi connectivity index (χ3n) is 2.58. The van der Waals surface area contributed by atoms with E-state index in [4.69, 9.17) is 4.74 Å². The Morgan fingerprint density at radius 2 is 2.00 bits per heavy atom. The molecule has 2 rings (SSSR count). The Hall–Kier alpha value is -1.20. The summed E-state index contributed by atoms with van der Waals surface area (Å²) < 4.78 is 6.09. The van der Waals surface area contributed by atoms with Crippen LogP contribution in [0.1, 0.15) is 29.2 Å². The van der Waals surface area contributed by atoms with Gasteiger partial charge in [-0.3, -0.25) is 0 Å². The highest BCUT2D eigenvalue weighted by Crippen LogP contribution is 2.29. The highest BCUT2D eigenvalue weighted by molar-refractivity contribution is 9.10. The molecule has 5 heteroatoms. The quantitative estimate of drug-likeness (QED) is 0.779. The van der Waals surface area contributed by atoms with Gasteiger partial charge in [0.15, 0.2) is 0 Å². The zero-order valence-electron chi connectivity index (χ0n) is 10.8. The Bertz CT molecular complexity index is 578. The van der Waals surface area contributed by atoms with Gasteiger partial charge in [0, 0.05) is 10.0 Å². The number of carbonyl (C=O) groups excluding carboxylic acids is 1. The van der Waals surface area contributed by atoms with Gasteiger partial charge in [-0.1, -0.05) is 35.0 Å². The van der Waals surface area contributed by atoms with E-state index in [0.717, 1.165) is 27.2 Å². The lowest BCUT2D eigenvalue weighted by molar-refractivity contribution is 0.0530. The molecule has 100 valence electrons. The Morgan fingerprint density at radius 3 is 2.58 bits per heavy atom. The number of benzene rings is 1. The molecular weight excluding hydrogens is 326 g/mol. The predicted molar refractivity (Wildman–Crippen MR) is 80.6 cm³/mol. The van der Waals surface area contributed by atoms with Crippen molar-refractivity contribution in [3.8, 4) is 10.6 Å². The number of hydrogen-bond acceptors (Lipinski definition) is 4. The highest BCUT2D eigenvalue weighted by atomic mass is 79.9. The summed E-state index contributed by atoms with van der Waals surface area (Å²) in [6, 6.07) is 7.90. The predicted octanol–water partition coefficient (Wildman–Crippen LogP) is 4.31. The zero-order valence-corrected chi connectivity index (χ0v) is 13.2. The van der Waals surface area contributed by atoms with Gasteiger partial charge in [-0.05, 0) is 25.5 Å². The number of ether oxygens (including phenoxy) is 1. The van der Waals surface area contributed by atoms with E-state index in [-0.39, 0.29) is 5.97 Å². The van der Waals surface area contributed by atoms with Crippen molar-refractivity contribution in [1.29, 1.82) is 0 Å². The molecule has 0 radical (unpaired) electrons. The molecule has 0 atom stereocenters. The molecule has 3 nitrogen and oxygen atoms in total. The average molecular weight is 340 g/mol. The number of thiazole rings is 1. The summed E-state index contributed by atoms with van der Waals surface area (Å²) in [6.45, 7) is 4.18. The standard InChI is InChI=1S/C14H14BrNO2S/c1-3-11-12(14(17)18-4-2)19-13(16-11)9-5-7-10(15)8-6-9/h5-8H,3-4H2,1-2H3. The SMILES string of the molecule is CCOC(=O)c1sc(-c2ccc(Br)cc2)nc1CC. The van der Waals surface area contributed by atoms with E-state index in [2.05, 4.69) is 20.9 Å². The Balaban J connectivity index is 2.38. The molecule has 0 spiro atoms. The molecule has 0 bridgehead atoms. The lowest BCUT2D eigenvalue weighted by atomic mass is 10.2. The first kappa shape index (κ1) is 14.2. The molecule has 0 saturated carbocycles. The van der Waals surface area contributed by atoms with Crippen molar-refractivity contribution >= 4 is 33.2 Å². The Kier molecular flexibility index (Phi) is 4.71. The number of hydrogen-bond donors (Lipinski definition) is 0. The van der Waals surface area contributed by atoms with E-state index < -0.39 is 0 Å². The van der Waals surface area contributed by atoms with E-state index in [9.17, 15) is 4.79 Å². The van der Waals surface area contributed by atoms with Crippen LogP contribution in [0.25, 0.3) is 10.6 Å². The van der Waals surface area contributed by atoms with Crippen molar-refractivity contribution in [2.45, 2.75) is 20.3 Å². The van der Waals surface area contributed by atoms with E-state index in [1.54, 1.807) is 6.92 Å². The van der Waals surface area contributed by atoms with Crippen LogP contribution in [-0.4, -0.2) is 17.6 Å². The first-order valence-electron chi connectivity index (χ1n) is 6.08. The fourth-order valence-electron chi connectivity index (χ4n) is 1.66. The monoisotopic (exact) mass is 339 g/mol. The molecular formula is C14H14BrNO2S. The summed E-state index contributed by atoms with van der Waals surface area (Å²) in [7, 11) is 0. The third kappa shape index (κ3) is 3.22. The van der Waals surface area contributed by atoms with Crippen LogP contribution < -0.4 is 0 Å². The van der Waals surface area contributed by atoms with Crippen molar-refractivity contribution in [2.24, 2.45) is 0 Å². The molecule has 1 aromatic carbocycles. The van der Waals surface area contributed by atoms with Crippen molar-refractivity contribution in [3.05, 3.63) is 39.3 Å².